The van der Waals surface area contributed by atoms with E-state index in [9.17, 15) is 22.5 Å². The van der Waals surface area contributed by atoms with Crippen LogP contribution in [0.1, 0.15) is 11.3 Å². The van der Waals surface area contributed by atoms with Gasteiger partial charge in [0.15, 0.2) is 12.4 Å². The highest BCUT2D eigenvalue weighted by Crippen LogP contribution is 2.28. The SMILES string of the molecule is [CH2]CN(C(=O)n1c([S+]([O-])Cc2nccc(OCC(F)(F)F)c2C)nc2ccccc21)c1ccccc1. The van der Waals surface area contributed by atoms with Crippen LogP contribution in [-0.2, 0) is 16.9 Å². The molecule has 0 spiro atoms. The normalized spacial score (nSPS) is 12.5. The minimum Gasteiger partial charge on any atom is -0.609 e. The van der Waals surface area contributed by atoms with Gasteiger partial charge in [-0.25, -0.2) is 9.36 Å². The van der Waals surface area contributed by atoms with Crippen LogP contribution in [0.4, 0.5) is 23.7 Å². The molecule has 0 fully saturated rings. The van der Waals surface area contributed by atoms with E-state index in [-0.39, 0.29) is 28.9 Å². The number of para-hydroxylation sites is 3. The molecule has 7 nitrogen and oxygen atoms in total. The van der Waals surface area contributed by atoms with Crippen molar-refractivity contribution in [1.82, 2.24) is 14.5 Å². The van der Waals surface area contributed by atoms with Gasteiger partial charge in [0.1, 0.15) is 5.75 Å². The molecule has 36 heavy (non-hydrogen) atoms. The number of fused-ring (bicyclic) bond motifs is 1. The van der Waals surface area contributed by atoms with Crippen molar-refractivity contribution in [3.63, 3.8) is 0 Å². The van der Waals surface area contributed by atoms with Gasteiger partial charge in [0.25, 0.3) is 0 Å². The third-order valence-electron chi connectivity index (χ3n) is 5.37. The lowest BCUT2D eigenvalue weighted by Crippen LogP contribution is -2.36. The maximum absolute atomic E-state index is 13.7. The number of halogens is 3. The zero-order valence-electron chi connectivity index (χ0n) is 19.2. The summed E-state index contributed by atoms with van der Waals surface area (Å²) in [7, 11) is 0. The molecular weight excluding hydrogens is 493 g/mol. The summed E-state index contributed by atoms with van der Waals surface area (Å²) in [6.07, 6.45) is -3.21. The molecule has 1 unspecified atom stereocenters. The van der Waals surface area contributed by atoms with Crippen molar-refractivity contribution < 1.29 is 27.3 Å². The van der Waals surface area contributed by atoms with Crippen LogP contribution in [-0.4, -0.2) is 44.4 Å². The minimum atomic E-state index is -4.50. The summed E-state index contributed by atoms with van der Waals surface area (Å²) in [5.74, 6) is -0.187. The summed E-state index contributed by atoms with van der Waals surface area (Å²) in [5.41, 5.74) is 2.15. The molecule has 0 aliphatic carbocycles. The van der Waals surface area contributed by atoms with Crippen molar-refractivity contribution >= 4 is 33.9 Å². The number of pyridine rings is 1. The van der Waals surface area contributed by atoms with Gasteiger partial charge in [0.2, 0.25) is 0 Å². The molecule has 4 rings (SSSR count). The number of aromatic nitrogens is 3. The average Bonchev–Trinajstić information content (AvgIpc) is 3.25. The number of imidazole rings is 1. The number of alkyl halides is 3. The molecular formula is C25H22F3N4O3S. The molecule has 0 N–H and O–H groups in total. The van der Waals surface area contributed by atoms with Crippen LogP contribution in [0.15, 0.2) is 72.0 Å². The van der Waals surface area contributed by atoms with E-state index < -0.39 is 30.0 Å². The zero-order chi connectivity index (χ0) is 25.9. The van der Waals surface area contributed by atoms with E-state index in [1.54, 1.807) is 55.5 Å². The third-order valence-corrected chi connectivity index (χ3v) is 6.58. The first-order valence-corrected chi connectivity index (χ1v) is 12.2. The van der Waals surface area contributed by atoms with E-state index in [1.807, 2.05) is 6.07 Å². The van der Waals surface area contributed by atoms with Crippen molar-refractivity contribution in [2.45, 2.75) is 24.0 Å². The highest BCUT2D eigenvalue weighted by molar-refractivity contribution is 7.90. The Balaban J connectivity index is 1.69. The molecule has 1 atom stereocenters. The Bertz CT molecular complexity index is 1360. The van der Waals surface area contributed by atoms with Crippen LogP contribution in [0.5, 0.6) is 5.75 Å². The fourth-order valence-corrected chi connectivity index (χ4v) is 4.86. The van der Waals surface area contributed by atoms with Crippen LogP contribution in [0, 0.1) is 13.8 Å². The predicted molar refractivity (Wildman–Crippen MR) is 130 cm³/mol. The molecule has 1 radical (unpaired) electrons. The van der Waals surface area contributed by atoms with Gasteiger partial charge in [-0.2, -0.15) is 18.2 Å². The molecule has 2 heterocycles. The van der Waals surface area contributed by atoms with Gasteiger partial charge in [-0.05, 0) is 44.2 Å². The Hall–Kier alpha value is -3.57. The summed E-state index contributed by atoms with van der Waals surface area (Å²) in [5, 5.41) is -0.00149. The van der Waals surface area contributed by atoms with E-state index >= 15 is 0 Å². The number of hydrogen-bond donors (Lipinski definition) is 0. The third kappa shape index (κ3) is 5.47. The second-order valence-electron chi connectivity index (χ2n) is 7.76. The smallest absolute Gasteiger partial charge is 0.422 e. The lowest BCUT2D eigenvalue weighted by atomic mass is 10.2. The predicted octanol–water partition coefficient (Wildman–Crippen LogP) is 5.30. The quantitative estimate of drug-likeness (QED) is 0.312. The highest BCUT2D eigenvalue weighted by atomic mass is 32.2. The Morgan fingerprint density at radius 2 is 1.83 bits per heavy atom. The molecule has 1 amide bonds. The molecule has 0 aliphatic heterocycles. The summed E-state index contributed by atoms with van der Waals surface area (Å²) < 4.78 is 57.5. The molecule has 2 aromatic carbocycles. The van der Waals surface area contributed by atoms with Crippen molar-refractivity contribution in [2.24, 2.45) is 0 Å². The van der Waals surface area contributed by atoms with E-state index in [0.717, 1.165) is 0 Å². The van der Waals surface area contributed by atoms with Crippen LogP contribution < -0.4 is 9.64 Å². The van der Waals surface area contributed by atoms with Gasteiger partial charge in [-0.15, -0.1) is 0 Å². The number of amides is 1. The summed E-state index contributed by atoms with van der Waals surface area (Å²) >= 11 is -1.87. The number of ether oxygens (including phenoxy) is 1. The number of hydrogen-bond acceptors (Lipinski definition) is 5. The van der Waals surface area contributed by atoms with Crippen molar-refractivity contribution in [2.75, 3.05) is 18.1 Å². The number of benzene rings is 2. The monoisotopic (exact) mass is 515 g/mol. The molecule has 2 aromatic heterocycles. The highest BCUT2D eigenvalue weighted by Gasteiger charge is 2.31. The van der Waals surface area contributed by atoms with Crippen molar-refractivity contribution in [1.29, 1.82) is 0 Å². The minimum absolute atomic E-state index is 0.00149. The van der Waals surface area contributed by atoms with E-state index in [2.05, 4.69) is 16.9 Å². The second-order valence-corrected chi connectivity index (χ2v) is 9.11. The number of rotatable bonds is 7. The van der Waals surface area contributed by atoms with Crippen LogP contribution in [0.3, 0.4) is 0 Å². The van der Waals surface area contributed by atoms with Gasteiger partial charge < -0.3 is 9.29 Å². The largest absolute Gasteiger partial charge is 0.609 e. The standard InChI is InChI=1S/C25H22F3N4O3S/c1-3-31(18-9-5-4-6-10-18)24(33)32-21-12-8-7-11-19(21)30-23(32)36(34)15-20-17(2)22(13-14-29-20)35-16-25(26,27)28/h4-14H,1,3,15-16H2,2H3. The maximum Gasteiger partial charge on any atom is 0.422 e. The zero-order valence-corrected chi connectivity index (χ0v) is 20.1. The topological polar surface area (TPSA) is 83.3 Å². The van der Waals surface area contributed by atoms with Crippen LogP contribution >= 0.6 is 0 Å². The summed E-state index contributed by atoms with van der Waals surface area (Å²) in [6.45, 7) is 4.06. The number of carbonyl (C=O) groups is 1. The fourth-order valence-electron chi connectivity index (χ4n) is 3.61. The van der Waals surface area contributed by atoms with Crippen LogP contribution in [0.25, 0.3) is 11.0 Å². The van der Waals surface area contributed by atoms with Crippen molar-refractivity contribution in [3.05, 3.63) is 85.0 Å². The molecule has 0 aliphatic rings. The fraction of sp³-hybridized carbons (Fsp3) is 0.200. The molecule has 0 bridgehead atoms. The molecule has 4 aromatic rings. The van der Waals surface area contributed by atoms with E-state index in [0.29, 0.717) is 22.3 Å². The van der Waals surface area contributed by atoms with Gasteiger partial charge >= 0.3 is 17.4 Å². The first kappa shape index (κ1) is 25.5. The Morgan fingerprint density at radius 3 is 2.53 bits per heavy atom. The van der Waals surface area contributed by atoms with E-state index in [1.165, 1.54) is 21.7 Å². The van der Waals surface area contributed by atoms with Gasteiger partial charge in [0, 0.05) is 35.2 Å². The number of anilines is 1. The first-order chi connectivity index (χ1) is 17.2. The molecule has 0 saturated carbocycles. The number of nitrogens with zero attached hydrogens (tertiary/aromatic N) is 4. The maximum atomic E-state index is 13.7. The van der Waals surface area contributed by atoms with Gasteiger partial charge in [0.05, 0.1) is 16.7 Å². The molecule has 187 valence electrons. The summed E-state index contributed by atoms with van der Waals surface area (Å²) in [4.78, 5) is 23.7. The van der Waals surface area contributed by atoms with Crippen LogP contribution in [0.2, 0.25) is 0 Å². The lowest BCUT2D eigenvalue weighted by molar-refractivity contribution is -0.153. The van der Waals surface area contributed by atoms with E-state index in [4.69, 9.17) is 4.74 Å². The molecule has 11 heteroatoms. The molecule has 0 saturated heterocycles. The Morgan fingerprint density at radius 1 is 1.14 bits per heavy atom. The first-order valence-electron chi connectivity index (χ1n) is 10.9. The second kappa shape index (κ2) is 10.6. The number of carbonyl (C=O) groups excluding carboxylic acids is 1. The van der Waals surface area contributed by atoms with Crippen molar-refractivity contribution in [3.8, 4) is 5.75 Å². The van der Waals surface area contributed by atoms with Gasteiger partial charge in [-0.1, -0.05) is 30.3 Å². The Kier molecular flexibility index (Phi) is 7.51. The average molecular weight is 516 g/mol. The Labute approximate surface area is 208 Å². The van der Waals surface area contributed by atoms with Gasteiger partial charge in [-0.3, -0.25) is 9.88 Å². The lowest BCUT2D eigenvalue weighted by Gasteiger charge is -2.22. The summed E-state index contributed by atoms with van der Waals surface area (Å²) in [6, 6.07) is 16.6.